The Hall–Kier alpha value is -1.56. The first-order valence-electron chi connectivity index (χ1n) is 8.01. The van der Waals surface area contributed by atoms with Crippen LogP contribution in [0.25, 0.3) is 5.65 Å². The molecule has 1 atom stereocenters. The number of carbonyl (C=O) groups excluding carboxylic acids is 1. The number of thioether (sulfide) groups is 1. The van der Waals surface area contributed by atoms with E-state index in [9.17, 15) is 4.79 Å². The fourth-order valence-electron chi connectivity index (χ4n) is 2.85. The average Bonchev–Trinajstić information content (AvgIpc) is 2.75. The Kier molecular flexibility index (Phi) is 4.97. The van der Waals surface area contributed by atoms with Crippen LogP contribution in [0.2, 0.25) is 0 Å². The monoisotopic (exact) mass is 318 g/mol. The van der Waals surface area contributed by atoms with Crippen LogP contribution in [-0.2, 0) is 4.79 Å². The molecule has 1 unspecified atom stereocenters. The van der Waals surface area contributed by atoms with E-state index in [1.54, 1.807) is 0 Å². The van der Waals surface area contributed by atoms with Crippen molar-refractivity contribution in [2.45, 2.75) is 61.9 Å². The first-order valence-corrected chi connectivity index (χ1v) is 8.89. The van der Waals surface area contributed by atoms with E-state index in [1.165, 1.54) is 37.4 Å². The minimum absolute atomic E-state index is 0.101. The second kappa shape index (κ2) is 7.13. The van der Waals surface area contributed by atoms with Gasteiger partial charge in [0.15, 0.2) is 10.8 Å². The van der Waals surface area contributed by atoms with E-state index in [2.05, 4.69) is 15.5 Å². The van der Waals surface area contributed by atoms with Crippen molar-refractivity contribution in [3.8, 4) is 0 Å². The molecule has 1 aliphatic rings. The summed E-state index contributed by atoms with van der Waals surface area (Å²) in [5, 5.41) is 12.1. The van der Waals surface area contributed by atoms with Crippen molar-refractivity contribution < 1.29 is 4.79 Å². The van der Waals surface area contributed by atoms with Crippen molar-refractivity contribution >= 4 is 23.3 Å². The fourth-order valence-corrected chi connectivity index (χ4v) is 3.70. The summed E-state index contributed by atoms with van der Waals surface area (Å²) in [5.74, 6) is 0.101. The van der Waals surface area contributed by atoms with Crippen LogP contribution >= 0.6 is 11.8 Å². The number of nitrogens with zero attached hydrogens (tertiary/aromatic N) is 3. The lowest BCUT2D eigenvalue weighted by molar-refractivity contribution is -0.121. The molecule has 6 heteroatoms. The normalized spacial score (nSPS) is 18.0. The molecule has 1 fully saturated rings. The van der Waals surface area contributed by atoms with Gasteiger partial charge in [0.1, 0.15) is 0 Å². The third kappa shape index (κ3) is 3.61. The lowest BCUT2D eigenvalue weighted by Crippen LogP contribution is -2.39. The van der Waals surface area contributed by atoms with E-state index < -0.39 is 0 Å². The summed E-state index contributed by atoms with van der Waals surface area (Å²) >= 11 is 1.46. The molecule has 0 saturated heterocycles. The lowest BCUT2D eigenvalue weighted by atomic mass is 10.1. The van der Waals surface area contributed by atoms with Crippen molar-refractivity contribution in [1.29, 1.82) is 0 Å². The SMILES string of the molecule is CC(Sc1nnc2ccccn12)C(=O)NC1CCCCCC1. The Labute approximate surface area is 134 Å². The Morgan fingerprint density at radius 3 is 2.82 bits per heavy atom. The number of hydrogen-bond donors (Lipinski definition) is 1. The number of fused-ring (bicyclic) bond motifs is 1. The van der Waals surface area contributed by atoms with Gasteiger partial charge in [0, 0.05) is 12.2 Å². The molecule has 3 rings (SSSR count). The second-order valence-electron chi connectivity index (χ2n) is 5.87. The smallest absolute Gasteiger partial charge is 0.233 e. The molecule has 0 spiro atoms. The molecule has 0 aliphatic heterocycles. The fraction of sp³-hybridized carbons (Fsp3) is 0.562. The highest BCUT2D eigenvalue weighted by molar-refractivity contribution is 8.00. The Morgan fingerprint density at radius 1 is 1.27 bits per heavy atom. The van der Waals surface area contributed by atoms with Crippen LogP contribution in [-0.4, -0.2) is 31.8 Å². The minimum Gasteiger partial charge on any atom is -0.352 e. The van der Waals surface area contributed by atoms with Crippen molar-refractivity contribution in [2.75, 3.05) is 0 Å². The number of nitrogens with one attached hydrogen (secondary N) is 1. The van der Waals surface area contributed by atoms with Gasteiger partial charge >= 0.3 is 0 Å². The van der Waals surface area contributed by atoms with Crippen molar-refractivity contribution in [3.63, 3.8) is 0 Å². The van der Waals surface area contributed by atoms with E-state index in [1.807, 2.05) is 35.7 Å². The van der Waals surface area contributed by atoms with Crippen molar-refractivity contribution in [2.24, 2.45) is 0 Å². The molecule has 1 aliphatic carbocycles. The first-order chi connectivity index (χ1) is 10.7. The molecule has 0 radical (unpaired) electrons. The zero-order valence-corrected chi connectivity index (χ0v) is 13.7. The van der Waals surface area contributed by atoms with Gasteiger partial charge in [-0.3, -0.25) is 9.20 Å². The standard InChI is InChI=1S/C16H22N4OS/c1-12(15(21)17-13-8-4-2-3-5-9-13)22-16-19-18-14-10-6-7-11-20(14)16/h6-7,10-13H,2-5,8-9H2,1H3,(H,17,21). The van der Waals surface area contributed by atoms with E-state index in [-0.39, 0.29) is 11.2 Å². The van der Waals surface area contributed by atoms with Crippen molar-refractivity contribution in [1.82, 2.24) is 19.9 Å². The zero-order chi connectivity index (χ0) is 15.4. The summed E-state index contributed by atoms with van der Waals surface area (Å²) in [6.07, 6.45) is 9.18. The van der Waals surface area contributed by atoms with Crippen LogP contribution in [0.3, 0.4) is 0 Å². The summed E-state index contributed by atoms with van der Waals surface area (Å²) in [4.78, 5) is 12.4. The highest BCUT2D eigenvalue weighted by atomic mass is 32.2. The summed E-state index contributed by atoms with van der Waals surface area (Å²) in [6.45, 7) is 1.93. The molecule has 118 valence electrons. The first kappa shape index (κ1) is 15.3. The summed E-state index contributed by atoms with van der Waals surface area (Å²) < 4.78 is 1.92. The number of amides is 1. The maximum absolute atomic E-state index is 12.4. The van der Waals surface area contributed by atoms with Gasteiger partial charge in [-0.15, -0.1) is 10.2 Å². The van der Waals surface area contributed by atoms with Crippen LogP contribution in [0.4, 0.5) is 0 Å². The molecule has 2 heterocycles. The van der Waals surface area contributed by atoms with Gasteiger partial charge in [-0.1, -0.05) is 43.5 Å². The molecule has 1 N–H and O–H groups in total. The highest BCUT2D eigenvalue weighted by Gasteiger charge is 2.21. The molecule has 1 saturated carbocycles. The largest absolute Gasteiger partial charge is 0.352 e. The van der Waals surface area contributed by atoms with E-state index in [4.69, 9.17) is 0 Å². The maximum atomic E-state index is 12.4. The molecule has 22 heavy (non-hydrogen) atoms. The zero-order valence-electron chi connectivity index (χ0n) is 12.9. The van der Waals surface area contributed by atoms with E-state index >= 15 is 0 Å². The number of rotatable bonds is 4. The quantitative estimate of drug-likeness (QED) is 0.695. The number of hydrogen-bond acceptors (Lipinski definition) is 4. The molecule has 0 aromatic carbocycles. The third-order valence-corrected chi connectivity index (χ3v) is 5.19. The minimum atomic E-state index is -0.171. The Bertz CT molecular complexity index is 634. The maximum Gasteiger partial charge on any atom is 0.233 e. The van der Waals surface area contributed by atoms with Gasteiger partial charge in [0.25, 0.3) is 0 Å². The van der Waals surface area contributed by atoms with E-state index in [0.717, 1.165) is 23.6 Å². The van der Waals surface area contributed by atoms with Crippen LogP contribution in [0.5, 0.6) is 0 Å². The molecule has 0 bridgehead atoms. The van der Waals surface area contributed by atoms with Gasteiger partial charge in [-0.2, -0.15) is 0 Å². The van der Waals surface area contributed by atoms with Crippen LogP contribution < -0.4 is 5.32 Å². The van der Waals surface area contributed by atoms with Crippen LogP contribution in [0, 0.1) is 0 Å². The van der Waals surface area contributed by atoms with Crippen LogP contribution in [0.15, 0.2) is 29.6 Å². The highest BCUT2D eigenvalue weighted by Crippen LogP contribution is 2.23. The van der Waals surface area contributed by atoms with Crippen LogP contribution in [0.1, 0.15) is 45.4 Å². The predicted octanol–water partition coefficient (Wildman–Crippen LogP) is 3.05. The second-order valence-corrected chi connectivity index (χ2v) is 7.18. The third-order valence-electron chi connectivity index (χ3n) is 4.14. The molecule has 2 aromatic rings. The molecule has 2 aromatic heterocycles. The lowest BCUT2D eigenvalue weighted by Gasteiger charge is -2.18. The summed E-state index contributed by atoms with van der Waals surface area (Å²) in [7, 11) is 0. The van der Waals surface area contributed by atoms with Gasteiger partial charge in [-0.25, -0.2) is 0 Å². The van der Waals surface area contributed by atoms with Gasteiger partial charge in [0.05, 0.1) is 5.25 Å². The van der Waals surface area contributed by atoms with Gasteiger partial charge < -0.3 is 5.32 Å². The molecule has 1 amide bonds. The topological polar surface area (TPSA) is 59.3 Å². The molecule has 5 nitrogen and oxygen atoms in total. The Morgan fingerprint density at radius 2 is 2.05 bits per heavy atom. The van der Waals surface area contributed by atoms with E-state index in [0.29, 0.717) is 6.04 Å². The number of pyridine rings is 1. The Balaban J connectivity index is 1.61. The average molecular weight is 318 g/mol. The molecular formula is C16H22N4OS. The number of aromatic nitrogens is 3. The number of carbonyl (C=O) groups is 1. The summed E-state index contributed by atoms with van der Waals surface area (Å²) in [5.41, 5.74) is 0.807. The summed E-state index contributed by atoms with van der Waals surface area (Å²) in [6, 6.07) is 6.12. The molecular weight excluding hydrogens is 296 g/mol. The predicted molar refractivity (Wildman–Crippen MR) is 87.9 cm³/mol. The van der Waals surface area contributed by atoms with Gasteiger partial charge in [-0.05, 0) is 31.9 Å². The van der Waals surface area contributed by atoms with Gasteiger partial charge in [0.2, 0.25) is 5.91 Å². The van der Waals surface area contributed by atoms with Crippen molar-refractivity contribution in [3.05, 3.63) is 24.4 Å².